The summed E-state index contributed by atoms with van der Waals surface area (Å²) in [7, 11) is 0. The standard InChI is InChI=1S/C13H18N2S/c1-9(2)10-5-3-6-11-13(10)15-12(16-11)7-4-8-14/h3,5-6,9H,4,7-8,14H2,1-2H3. The van der Waals surface area contributed by atoms with E-state index >= 15 is 0 Å². The smallest absolute Gasteiger partial charge is 0.0939 e. The van der Waals surface area contributed by atoms with Crippen molar-refractivity contribution in [1.29, 1.82) is 0 Å². The molecule has 0 amide bonds. The van der Waals surface area contributed by atoms with Crippen LogP contribution in [0, 0.1) is 0 Å². The summed E-state index contributed by atoms with van der Waals surface area (Å²) in [6.07, 6.45) is 2.03. The monoisotopic (exact) mass is 234 g/mol. The van der Waals surface area contributed by atoms with E-state index < -0.39 is 0 Å². The van der Waals surface area contributed by atoms with Crippen molar-refractivity contribution in [2.75, 3.05) is 6.54 Å². The minimum atomic E-state index is 0.535. The van der Waals surface area contributed by atoms with Crippen LogP contribution in [-0.2, 0) is 6.42 Å². The molecule has 0 atom stereocenters. The summed E-state index contributed by atoms with van der Waals surface area (Å²) in [5.74, 6) is 0.535. The van der Waals surface area contributed by atoms with Gasteiger partial charge in [0.25, 0.3) is 0 Å². The number of hydrogen-bond donors (Lipinski definition) is 1. The van der Waals surface area contributed by atoms with Crippen LogP contribution >= 0.6 is 11.3 Å². The maximum atomic E-state index is 5.53. The van der Waals surface area contributed by atoms with Crippen LogP contribution in [0.3, 0.4) is 0 Å². The largest absolute Gasteiger partial charge is 0.330 e. The van der Waals surface area contributed by atoms with Gasteiger partial charge in [0.1, 0.15) is 0 Å². The van der Waals surface area contributed by atoms with Crippen LogP contribution in [0.25, 0.3) is 10.2 Å². The highest BCUT2D eigenvalue weighted by molar-refractivity contribution is 7.18. The number of rotatable bonds is 4. The Bertz CT molecular complexity index is 474. The second-order valence-electron chi connectivity index (χ2n) is 4.35. The van der Waals surface area contributed by atoms with Crippen LogP contribution in [0.1, 0.15) is 36.8 Å². The third-order valence-electron chi connectivity index (χ3n) is 2.71. The Kier molecular flexibility index (Phi) is 3.56. The quantitative estimate of drug-likeness (QED) is 0.881. The summed E-state index contributed by atoms with van der Waals surface area (Å²) in [6.45, 7) is 5.17. The van der Waals surface area contributed by atoms with E-state index in [1.165, 1.54) is 20.8 Å². The molecule has 0 unspecified atom stereocenters. The fourth-order valence-electron chi connectivity index (χ4n) is 1.84. The molecule has 0 radical (unpaired) electrons. The number of thiazole rings is 1. The zero-order valence-corrected chi connectivity index (χ0v) is 10.7. The Morgan fingerprint density at radius 1 is 1.38 bits per heavy atom. The van der Waals surface area contributed by atoms with Gasteiger partial charge in [0.2, 0.25) is 0 Å². The third-order valence-corrected chi connectivity index (χ3v) is 3.79. The lowest BCUT2D eigenvalue weighted by Crippen LogP contribution is -1.99. The molecule has 0 aliphatic heterocycles. The summed E-state index contributed by atoms with van der Waals surface area (Å²) in [5.41, 5.74) is 8.07. The molecule has 3 heteroatoms. The molecule has 0 bridgehead atoms. The fourth-order valence-corrected chi connectivity index (χ4v) is 2.89. The highest BCUT2D eigenvalue weighted by Gasteiger charge is 2.09. The van der Waals surface area contributed by atoms with Crippen molar-refractivity contribution in [2.24, 2.45) is 5.73 Å². The van der Waals surface area contributed by atoms with Gasteiger partial charge in [-0.1, -0.05) is 26.0 Å². The molecule has 0 spiro atoms. The number of hydrogen-bond acceptors (Lipinski definition) is 3. The topological polar surface area (TPSA) is 38.9 Å². The predicted octanol–water partition coefficient (Wildman–Crippen LogP) is 3.31. The Labute approximate surface area is 101 Å². The maximum Gasteiger partial charge on any atom is 0.0939 e. The number of nitrogens with two attached hydrogens (primary N) is 1. The van der Waals surface area contributed by atoms with Gasteiger partial charge in [-0.25, -0.2) is 4.98 Å². The van der Waals surface area contributed by atoms with Gasteiger partial charge in [-0.2, -0.15) is 0 Å². The number of benzene rings is 1. The molecule has 2 aromatic rings. The average Bonchev–Trinajstić information content (AvgIpc) is 2.68. The molecule has 0 saturated heterocycles. The molecule has 0 aliphatic carbocycles. The van der Waals surface area contributed by atoms with Crippen molar-refractivity contribution in [2.45, 2.75) is 32.6 Å². The summed E-state index contributed by atoms with van der Waals surface area (Å²) >= 11 is 1.80. The molecule has 0 fully saturated rings. The van der Waals surface area contributed by atoms with Gasteiger partial charge in [-0.3, -0.25) is 0 Å². The second-order valence-corrected chi connectivity index (χ2v) is 5.46. The van der Waals surface area contributed by atoms with Crippen LogP contribution in [0.15, 0.2) is 18.2 Å². The normalized spacial score (nSPS) is 11.5. The van der Waals surface area contributed by atoms with Gasteiger partial charge in [-0.05, 0) is 30.5 Å². The SMILES string of the molecule is CC(C)c1cccc2sc(CCCN)nc12. The summed E-state index contributed by atoms with van der Waals surface area (Å²) in [5, 5.41) is 1.22. The van der Waals surface area contributed by atoms with Gasteiger partial charge < -0.3 is 5.73 Å². The molecule has 0 saturated carbocycles. The van der Waals surface area contributed by atoms with E-state index in [1.54, 1.807) is 11.3 Å². The van der Waals surface area contributed by atoms with Crippen LogP contribution in [0.4, 0.5) is 0 Å². The van der Waals surface area contributed by atoms with E-state index in [2.05, 4.69) is 32.0 Å². The first-order valence-corrected chi connectivity index (χ1v) is 6.62. The Hall–Kier alpha value is -0.930. The number of para-hydroxylation sites is 1. The van der Waals surface area contributed by atoms with Crippen molar-refractivity contribution < 1.29 is 0 Å². The van der Waals surface area contributed by atoms with Gasteiger partial charge >= 0.3 is 0 Å². The van der Waals surface area contributed by atoms with Crippen molar-refractivity contribution in [3.05, 3.63) is 28.8 Å². The van der Waals surface area contributed by atoms with Gasteiger partial charge in [0, 0.05) is 6.42 Å². The van der Waals surface area contributed by atoms with Gasteiger partial charge in [-0.15, -0.1) is 11.3 Å². The van der Waals surface area contributed by atoms with Crippen LogP contribution in [0.2, 0.25) is 0 Å². The van der Waals surface area contributed by atoms with Crippen LogP contribution in [0.5, 0.6) is 0 Å². The molecule has 2 N–H and O–H groups in total. The van der Waals surface area contributed by atoms with E-state index in [1.807, 2.05) is 0 Å². The molecule has 1 aromatic carbocycles. The van der Waals surface area contributed by atoms with E-state index in [4.69, 9.17) is 10.7 Å². The lowest BCUT2D eigenvalue weighted by Gasteiger charge is -2.04. The van der Waals surface area contributed by atoms with E-state index in [-0.39, 0.29) is 0 Å². The minimum absolute atomic E-state index is 0.535. The molecule has 2 nitrogen and oxygen atoms in total. The molecule has 0 aliphatic rings. The fraction of sp³-hybridized carbons (Fsp3) is 0.462. The van der Waals surface area contributed by atoms with Crippen LogP contribution in [-0.4, -0.2) is 11.5 Å². The maximum absolute atomic E-state index is 5.53. The Morgan fingerprint density at radius 2 is 2.19 bits per heavy atom. The molecule has 1 aromatic heterocycles. The molecule has 86 valence electrons. The second kappa shape index (κ2) is 4.93. The van der Waals surface area contributed by atoms with Crippen LogP contribution < -0.4 is 5.73 Å². The van der Waals surface area contributed by atoms with Gasteiger partial charge in [0.15, 0.2) is 0 Å². The van der Waals surface area contributed by atoms with Crippen molar-refractivity contribution in [3.8, 4) is 0 Å². The zero-order chi connectivity index (χ0) is 11.5. The van der Waals surface area contributed by atoms with Crippen molar-refractivity contribution >= 4 is 21.6 Å². The number of fused-ring (bicyclic) bond motifs is 1. The predicted molar refractivity (Wildman–Crippen MR) is 71.1 cm³/mol. The Balaban J connectivity index is 2.40. The lowest BCUT2D eigenvalue weighted by atomic mass is 10.0. The minimum Gasteiger partial charge on any atom is -0.330 e. The van der Waals surface area contributed by atoms with Crippen molar-refractivity contribution in [3.63, 3.8) is 0 Å². The first kappa shape index (κ1) is 11.6. The Morgan fingerprint density at radius 3 is 2.88 bits per heavy atom. The van der Waals surface area contributed by atoms with E-state index in [0.717, 1.165) is 19.4 Å². The number of aryl methyl sites for hydroxylation is 1. The van der Waals surface area contributed by atoms with E-state index in [0.29, 0.717) is 5.92 Å². The lowest BCUT2D eigenvalue weighted by molar-refractivity contribution is 0.826. The highest BCUT2D eigenvalue weighted by atomic mass is 32.1. The zero-order valence-electron chi connectivity index (χ0n) is 9.86. The molecular weight excluding hydrogens is 216 g/mol. The average molecular weight is 234 g/mol. The summed E-state index contributed by atoms with van der Waals surface area (Å²) in [4.78, 5) is 4.73. The summed E-state index contributed by atoms with van der Waals surface area (Å²) in [6, 6.07) is 6.47. The molecule has 2 rings (SSSR count). The number of aromatic nitrogens is 1. The first-order valence-electron chi connectivity index (χ1n) is 5.80. The van der Waals surface area contributed by atoms with Gasteiger partial charge in [0.05, 0.1) is 15.2 Å². The summed E-state index contributed by atoms with van der Waals surface area (Å²) < 4.78 is 1.30. The first-order chi connectivity index (χ1) is 7.72. The highest BCUT2D eigenvalue weighted by Crippen LogP contribution is 2.29. The van der Waals surface area contributed by atoms with Crippen molar-refractivity contribution in [1.82, 2.24) is 4.98 Å². The number of nitrogens with zero attached hydrogens (tertiary/aromatic N) is 1. The van der Waals surface area contributed by atoms with E-state index in [9.17, 15) is 0 Å². The molecule has 16 heavy (non-hydrogen) atoms. The molecule has 1 heterocycles. The third kappa shape index (κ3) is 2.25. The molecular formula is C13H18N2S.